The first-order valence-corrected chi connectivity index (χ1v) is 6.36. The van der Waals surface area contributed by atoms with Crippen LogP contribution < -0.4 is 0 Å². The number of nitrogens with zero attached hydrogens (tertiary/aromatic N) is 1. The molecule has 2 unspecified atom stereocenters. The van der Waals surface area contributed by atoms with E-state index in [0.717, 1.165) is 19.3 Å². The Balaban J connectivity index is 1.88. The fraction of sp³-hybridized carbons (Fsp3) is 0.692. The van der Waals surface area contributed by atoms with Gasteiger partial charge in [-0.05, 0) is 31.6 Å². The number of rotatable bonds is 3. The molecule has 18 heavy (non-hydrogen) atoms. The van der Waals surface area contributed by atoms with Crippen LogP contribution in [0.25, 0.3) is 0 Å². The standard InChI is InChI=1S/C13H19NO4/c1-2-8-18-12(17)14-6-3-5-13(11(15)16)9-10(13)4-7-14/h2,10H,1,3-9H2,(H,15,16). The van der Waals surface area contributed by atoms with E-state index in [1.807, 2.05) is 0 Å². The highest BCUT2D eigenvalue weighted by atomic mass is 16.6. The van der Waals surface area contributed by atoms with Gasteiger partial charge in [-0.3, -0.25) is 4.79 Å². The molecule has 1 N–H and O–H groups in total. The van der Waals surface area contributed by atoms with Gasteiger partial charge in [0.1, 0.15) is 6.61 Å². The van der Waals surface area contributed by atoms with Crippen LogP contribution in [0.15, 0.2) is 12.7 Å². The molecule has 0 aromatic carbocycles. The van der Waals surface area contributed by atoms with Crippen molar-refractivity contribution in [3.63, 3.8) is 0 Å². The van der Waals surface area contributed by atoms with Crippen molar-refractivity contribution in [2.45, 2.75) is 25.7 Å². The van der Waals surface area contributed by atoms with Gasteiger partial charge in [-0.2, -0.15) is 0 Å². The summed E-state index contributed by atoms with van der Waals surface area (Å²) in [7, 11) is 0. The van der Waals surface area contributed by atoms with Crippen molar-refractivity contribution in [3.8, 4) is 0 Å². The van der Waals surface area contributed by atoms with Crippen LogP contribution in [-0.4, -0.2) is 41.8 Å². The molecule has 0 spiro atoms. The predicted octanol–water partition coefficient (Wildman–Crippen LogP) is 1.89. The van der Waals surface area contributed by atoms with Crippen molar-refractivity contribution in [1.82, 2.24) is 4.90 Å². The molecule has 2 atom stereocenters. The fourth-order valence-corrected chi connectivity index (χ4v) is 2.85. The van der Waals surface area contributed by atoms with Gasteiger partial charge in [-0.25, -0.2) is 4.79 Å². The molecule has 5 nitrogen and oxygen atoms in total. The summed E-state index contributed by atoms with van der Waals surface area (Å²) in [6.07, 6.45) is 4.13. The minimum absolute atomic E-state index is 0.220. The first-order chi connectivity index (χ1) is 8.60. The maximum absolute atomic E-state index is 11.7. The summed E-state index contributed by atoms with van der Waals surface area (Å²) in [5, 5.41) is 9.23. The van der Waals surface area contributed by atoms with Gasteiger partial charge >= 0.3 is 12.1 Å². The molecule has 1 saturated heterocycles. The van der Waals surface area contributed by atoms with Crippen LogP contribution in [-0.2, 0) is 9.53 Å². The van der Waals surface area contributed by atoms with Gasteiger partial charge in [-0.1, -0.05) is 12.7 Å². The van der Waals surface area contributed by atoms with Crippen LogP contribution in [0.3, 0.4) is 0 Å². The average molecular weight is 253 g/mol. The van der Waals surface area contributed by atoms with Crippen LogP contribution in [0, 0.1) is 11.3 Å². The van der Waals surface area contributed by atoms with Crippen molar-refractivity contribution >= 4 is 12.1 Å². The van der Waals surface area contributed by atoms with Crippen LogP contribution in [0.4, 0.5) is 4.79 Å². The van der Waals surface area contributed by atoms with Crippen LogP contribution >= 0.6 is 0 Å². The quantitative estimate of drug-likeness (QED) is 0.780. The topological polar surface area (TPSA) is 66.8 Å². The number of hydrogen-bond donors (Lipinski definition) is 1. The Hall–Kier alpha value is -1.52. The lowest BCUT2D eigenvalue weighted by atomic mass is 9.94. The number of likely N-dealkylation sites (tertiary alicyclic amines) is 1. The van der Waals surface area contributed by atoms with Crippen LogP contribution in [0.5, 0.6) is 0 Å². The van der Waals surface area contributed by atoms with Crippen LogP contribution in [0.2, 0.25) is 0 Å². The lowest BCUT2D eigenvalue weighted by molar-refractivity contribution is -0.144. The van der Waals surface area contributed by atoms with E-state index in [0.29, 0.717) is 19.5 Å². The van der Waals surface area contributed by atoms with Gasteiger partial charge in [0.15, 0.2) is 0 Å². The van der Waals surface area contributed by atoms with Crippen molar-refractivity contribution in [3.05, 3.63) is 12.7 Å². The van der Waals surface area contributed by atoms with Gasteiger partial charge in [0.2, 0.25) is 0 Å². The molecule has 1 saturated carbocycles. The van der Waals surface area contributed by atoms with Crippen molar-refractivity contribution in [2.24, 2.45) is 11.3 Å². The molecule has 1 aliphatic heterocycles. The Morgan fingerprint density at radius 2 is 2.28 bits per heavy atom. The summed E-state index contributed by atoms with van der Waals surface area (Å²) in [6.45, 7) is 4.89. The number of fused-ring (bicyclic) bond motifs is 1. The summed E-state index contributed by atoms with van der Waals surface area (Å²) >= 11 is 0. The predicted molar refractivity (Wildman–Crippen MR) is 65.1 cm³/mol. The third-order valence-corrected chi connectivity index (χ3v) is 4.04. The molecule has 1 aliphatic carbocycles. The highest BCUT2D eigenvalue weighted by Crippen LogP contribution is 2.58. The average Bonchev–Trinajstić information content (AvgIpc) is 3.00. The molecular formula is C13H19NO4. The number of hydrogen-bond acceptors (Lipinski definition) is 3. The van der Waals surface area contributed by atoms with E-state index in [9.17, 15) is 14.7 Å². The normalized spacial score (nSPS) is 30.7. The number of carboxylic acids is 1. The highest BCUT2D eigenvalue weighted by Gasteiger charge is 2.59. The van der Waals surface area contributed by atoms with E-state index in [-0.39, 0.29) is 18.6 Å². The maximum atomic E-state index is 11.7. The zero-order chi connectivity index (χ0) is 13.2. The Labute approximate surface area is 106 Å². The molecule has 2 aliphatic rings. The Morgan fingerprint density at radius 3 is 2.94 bits per heavy atom. The fourth-order valence-electron chi connectivity index (χ4n) is 2.85. The summed E-state index contributed by atoms with van der Waals surface area (Å²) in [6, 6.07) is 0. The molecule has 5 heteroatoms. The molecule has 0 radical (unpaired) electrons. The number of aliphatic carboxylic acids is 1. The molecular weight excluding hydrogens is 234 g/mol. The summed E-state index contributed by atoms with van der Waals surface area (Å²) < 4.78 is 5.00. The smallest absolute Gasteiger partial charge is 0.410 e. The third-order valence-electron chi connectivity index (χ3n) is 4.04. The third kappa shape index (κ3) is 2.35. The number of carboxylic acid groups (broad SMARTS) is 1. The summed E-state index contributed by atoms with van der Waals surface area (Å²) in [5.74, 6) is -0.444. The van der Waals surface area contributed by atoms with Crippen molar-refractivity contribution in [2.75, 3.05) is 19.7 Å². The van der Waals surface area contributed by atoms with E-state index in [4.69, 9.17) is 4.74 Å². The molecule has 2 fully saturated rings. The first-order valence-electron chi connectivity index (χ1n) is 6.36. The number of amides is 1. The van der Waals surface area contributed by atoms with E-state index in [1.54, 1.807) is 4.90 Å². The highest BCUT2D eigenvalue weighted by molar-refractivity contribution is 5.78. The van der Waals surface area contributed by atoms with Gasteiger partial charge in [0.25, 0.3) is 0 Å². The summed E-state index contributed by atoms with van der Waals surface area (Å²) in [5.41, 5.74) is -0.489. The SMILES string of the molecule is C=CCOC(=O)N1CCCC2(C(=O)O)CC2CC1. The minimum Gasteiger partial charge on any atom is -0.481 e. The molecule has 100 valence electrons. The monoisotopic (exact) mass is 253 g/mol. The van der Waals surface area contributed by atoms with E-state index >= 15 is 0 Å². The van der Waals surface area contributed by atoms with Crippen molar-refractivity contribution in [1.29, 1.82) is 0 Å². The van der Waals surface area contributed by atoms with E-state index in [2.05, 4.69) is 6.58 Å². The number of ether oxygens (including phenoxy) is 1. The molecule has 1 amide bonds. The molecule has 2 rings (SSSR count). The second kappa shape index (κ2) is 5.00. The van der Waals surface area contributed by atoms with E-state index < -0.39 is 11.4 Å². The van der Waals surface area contributed by atoms with E-state index in [1.165, 1.54) is 6.08 Å². The molecule has 1 heterocycles. The van der Waals surface area contributed by atoms with Gasteiger partial charge in [-0.15, -0.1) is 0 Å². The zero-order valence-electron chi connectivity index (χ0n) is 10.4. The Bertz CT molecular complexity index is 368. The lowest BCUT2D eigenvalue weighted by Gasteiger charge is -2.25. The van der Waals surface area contributed by atoms with Crippen molar-refractivity contribution < 1.29 is 19.4 Å². The largest absolute Gasteiger partial charge is 0.481 e. The zero-order valence-corrected chi connectivity index (χ0v) is 10.4. The van der Waals surface area contributed by atoms with Crippen LogP contribution in [0.1, 0.15) is 25.7 Å². The molecule has 0 aromatic rings. The second-order valence-electron chi connectivity index (χ2n) is 5.11. The second-order valence-corrected chi connectivity index (χ2v) is 5.11. The van der Waals surface area contributed by atoms with Gasteiger partial charge in [0.05, 0.1) is 5.41 Å². The van der Waals surface area contributed by atoms with Gasteiger partial charge in [0, 0.05) is 13.1 Å². The molecule has 0 aromatic heterocycles. The number of carbonyl (C=O) groups excluding carboxylic acids is 1. The summed E-state index contributed by atoms with van der Waals surface area (Å²) in [4.78, 5) is 24.6. The maximum Gasteiger partial charge on any atom is 0.410 e. The number of carbonyl (C=O) groups is 2. The minimum atomic E-state index is -0.671. The first kappa shape index (κ1) is 12.9. The molecule has 0 bridgehead atoms. The van der Waals surface area contributed by atoms with Gasteiger partial charge < -0.3 is 14.7 Å². The Morgan fingerprint density at radius 1 is 1.50 bits per heavy atom. The lowest BCUT2D eigenvalue weighted by Crippen LogP contribution is -2.36. The Kier molecular flexibility index (Phi) is 3.59.